The predicted molar refractivity (Wildman–Crippen MR) is 111 cm³/mol. The fourth-order valence-electron chi connectivity index (χ4n) is 3.35. The third-order valence-corrected chi connectivity index (χ3v) is 4.71. The van der Waals surface area contributed by atoms with E-state index in [-0.39, 0.29) is 11.9 Å². The van der Waals surface area contributed by atoms with Gasteiger partial charge in [-0.1, -0.05) is 30.3 Å². The Hall–Kier alpha value is -2.08. The molecule has 1 saturated heterocycles. The van der Waals surface area contributed by atoms with Crippen LogP contribution in [0.15, 0.2) is 30.3 Å². The van der Waals surface area contributed by atoms with E-state index >= 15 is 0 Å². The van der Waals surface area contributed by atoms with Crippen LogP contribution in [0.25, 0.3) is 0 Å². The Kier molecular flexibility index (Phi) is 8.77. The van der Waals surface area contributed by atoms with Crippen molar-refractivity contribution >= 4 is 12.0 Å². The second kappa shape index (κ2) is 11.1. The maximum atomic E-state index is 12.2. The van der Waals surface area contributed by atoms with Crippen LogP contribution in [0.3, 0.4) is 0 Å². The molecule has 0 aliphatic carbocycles. The van der Waals surface area contributed by atoms with E-state index < -0.39 is 11.7 Å². The Labute approximate surface area is 169 Å². The number of hydrogen-bond donors (Lipinski definition) is 2. The van der Waals surface area contributed by atoms with Crippen LogP contribution < -0.4 is 10.6 Å². The summed E-state index contributed by atoms with van der Waals surface area (Å²) in [4.78, 5) is 26.8. The van der Waals surface area contributed by atoms with Crippen LogP contribution >= 0.6 is 0 Å². The van der Waals surface area contributed by atoms with Gasteiger partial charge in [-0.05, 0) is 65.1 Å². The Morgan fingerprint density at radius 1 is 1.14 bits per heavy atom. The first-order chi connectivity index (χ1) is 13.3. The smallest absolute Gasteiger partial charge is 0.407 e. The molecule has 156 valence electrons. The highest BCUT2D eigenvalue weighted by Gasteiger charge is 2.20. The number of likely N-dealkylation sites (tertiary alicyclic amines) is 1. The summed E-state index contributed by atoms with van der Waals surface area (Å²) in [5.74, 6) is 0.0308. The van der Waals surface area contributed by atoms with Crippen molar-refractivity contribution in [1.82, 2.24) is 15.5 Å². The van der Waals surface area contributed by atoms with E-state index in [9.17, 15) is 9.59 Å². The van der Waals surface area contributed by atoms with Crippen LogP contribution in [0.5, 0.6) is 0 Å². The highest BCUT2D eigenvalue weighted by Crippen LogP contribution is 2.11. The Morgan fingerprint density at radius 3 is 2.46 bits per heavy atom. The first kappa shape index (κ1) is 22.2. The van der Waals surface area contributed by atoms with Crippen LogP contribution in [-0.4, -0.2) is 54.7 Å². The van der Waals surface area contributed by atoms with Crippen LogP contribution in [0.2, 0.25) is 0 Å². The molecule has 2 amide bonds. The minimum atomic E-state index is -0.547. The molecule has 2 rings (SSSR count). The normalized spacial score (nSPS) is 15.8. The molecule has 1 aliphatic heterocycles. The van der Waals surface area contributed by atoms with E-state index in [0.29, 0.717) is 25.8 Å². The van der Waals surface area contributed by atoms with E-state index in [2.05, 4.69) is 15.5 Å². The maximum Gasteiger partial charge on any atom is 0.407 e. The first-order valence-corrected chi connectivity index (χ1v) is 10.3. The van der Waals surface area contributed by atoms with Gasteiger partial charge >= 0.3 is 6.09 Å². The fourth-order valence-corrected chi connectivity index (χ4v) is 3.35. The summed E-state index contributed by atoms with van der Waals surface area (Å²) < 4.78 is 5.38. The summed E-state index contributed by atoms with van der Waals surface area (Å²) in [7, 11) is 0. The van der Waals surface area contributed by atoms with Crippen molar-refractivity contribution in [3.05, 3.63) is 35.9 Å². The van der Waals surface area contributed by atoms with Crippen molar-refractivity contribution in [2.45, 2.75) is 64.5 Å². The van der Waals surface area contributed by atoms with Crippen molar-refractivity contribution in [1.29, 1.82) is 0 Å². The largest absolute Gasteiger partial charge is 0.444 e. The molecule has 0 saturated carbocycles. The van der Waals surface area contributed by atoms with E-state index in [1.807, 2.05) is 51.1 Å². The van der Waals surface area contributed by atoms with Crippen LogP contribution in [0.1, 0.15) is 52.0 Å². The SMILES string of the molecule is CC(C)(C)OC(=O)N[C@@H](CCC(=O)NCCN1CCCC1)Cc1ccccc1. The van der Waals surface area contributed by atoms with Gasteiger partial charge in [-0.3, -0.25) is 4.79 Å². The van der Waals surface area contributed by atoms with E-state index in [4.69, 9.17) is 4.74 Å². The standard InChI is InChI=1S/C22H35N3O3/c1-22(2,3)28-21(27)24-19(17-18-9-5-4-6-10-18)11-12-20(26)23-13-16-25-14-7-8-15-25/h4-6,9-10,19H,7-8,11-17H2,1-3H3,(H,23,26)(H,24,27)/t19-/m0/s1. The Balaban J connectivity index is 1.80. The van der Waals surface area contributed by atoms with Crippen molar-refractivity contribution < 1.29 is 14.3 Å². The maximum absolute atomic E-state index is 12.2. The van der Waals surface area contributed by atoms with Gasteiger partial charge in [0.2, 0.25) is 5.91 Å². The van der Waals surface area contributed by atoms with Crippen molar-refractivity contribution in [2.24, 2.45) is 0 Å². The zero-order chi connectivity index (χ0) is 20.4. The van der Waals surface area contributed by atoms with Crippen LogP contribution in [-0.2, 0) is 16.0 Å². The Bertz CT molecular complexity index is 607. The third-order valence-electron chi connectivity index (χ3n) is 4.71. The highest BCUT2D eigenvalue weighted by molar-refractivity contribution is 5.76. The van der Waals surface area contributed by atoms with Gasteiger partial charge in [0.25, 0.3) is 0 Å². The zero-order valence-corrected chi connectivity index (χ0v) is 17.5. The number of carbonyl (C=O) groups is 2. The molecular weight excluding hydrogens is 354 g/mol. The summed E-state index contributed by atoms with van der Waals surface area (Å²) >= 11 is 0. The topological polar surface area (TPSA) is 70.7 Å². The molecule has 1 fully saturated rings. The average molecular weight is 390 g/mol. The second-order valence-corrected chi connectivity index (χ2v) is 8.47. The number of alkyl carbamates (subject to hydrolysis) is 1. The number of amides is 2. The molecule has 6 nitrogen and oxygen atoms in total. The van der Waals surface area contributed by atoms with E-state index in [1.165, 1.54) is 12.8 Å². The molecule has 6 heteroatoms. The van der Waals surface area contributed by atoms with E-state index in [0.717, 1.165) is 25.2 Å². The number of ether oxygens (including phenoxy) is 1. The molecule has 1 aromatic rings. The zero-order valence-electron chi connectivity index (χ0n) is 17.5. The second-order valence-electron chi connectivity index (χ2n) is 8.47. The van der Waals surface area contributed by atoms with Gasteiger partial charge in [0.1, 0.15) is 5.60 Å². The van der Waals surface area contributed by atoms with Gasteiger partial charge in [0.05, 0.1) is 0 Å². The lowest BCUT2D eigenvalue weighted by molar-refractivity contribution is -0.121. The van der Waals surface area contributed by atoms with Gasteiger partial charge in [-0.15, -0.1) is 0 Å². The summed E-state index contributed by atoms with van der Waals surface area (Å²) in [5.41, 5.74) is 0.576. The monoisotopic (exact) mass is 389 g/mol. The van der Waals surface area contributed by atoms with Crippen molar-refractivity contribution in [3.63, 3.8) is 0 Å². The lowest BCUT2D eigenvalue weighted by atomic mass is 10.0. The molecule has 1 aromatic carbocycles. The molecule has 2 N–H and O–H groups in total. The van der Waals surface area contributed by atoms with Gasteiger partial charge in [-0.2, -0.15) is 0 Å². The molecule has 0 unspecified atom stereocenters. The molecular formula is C22H35N3O3. The number of rotatable bonds is 9. The average Bonchev–Trinajstić information content (AvgIpc) is 3.12. The van der Waals surface area contributed by atoms with E-state index in [1.54, 1.807) is 0 Å². The van der Waals surface area contributed by atoms with Crippen molar-refractivity contribution in [2.75, 3.05) is 26.2 Å². The molecule has 1 heterocycles. The molecule has 0 aromatic heterocycles. The fraction of sp³-hybridized carbons (Fsp3) is 0.636. The Morgan fingerprint density at radius 2 is 1.82 bits per heavy atom. The molecule has 0 radical (unpaired) electrons. The minimum absolute atomic E-state index is 0.0308. The summed E-state index contributed by atoms with van der Waals surface area (Å²) in [6.45, 7) is 9.38. The number of benzene rings is 1. The third kappa shape index (κ3) is 9.22. The molecule has 28 heavy (non-hydrogen) atoms. The summed E-state index contributed by atoms with van der Waals surface area (Å²) in [5, 5.41) is 5.92. The quantitative estimate of drug-likeness (QED) is 0.681. The molecule has 0 bridgehead atoms. The van der Waals surface area contributed by atoms with Gasteiger partial charge in [-0.25, -0.2) is 4.79 Å². The summed E-state index contributed by atoms with van der Waals surface area (Å²) in [6.07, 6.45) is 3.69. The summed E-state index contributed by atoms with van der Waals surface area (Å²) in [6, 6.07) is 9.82. The lowest BCUT2D eigenvalue weighted by Crippen LogP contribution is -2.41. The molecule has 1 atom stereocenters. The number of nitrogens with one attached hydrogen (secondary N) is 2. The van der Waals surface area contributed by atoms with Crippen LogP contribution in [0.4, 0.5) is 4.79 Å². The predicted octanol–water partition coefficient (Wildman–Crippen LogP) is 3.11. The van der Waals surface area contributed by atoms with Crippen molar-refractivity contribution in [3.8, 4) is 0 Å². The molecule has 1 aliphatic rings. The number of nitrogens with zero attached hydrogens (tertiary/aromatic N) is 1. The lowest BCUT2D eigenvalue weighted by Gasteiger charge is -2.24. The van der Waals surface area contributed by atoms with Gasteiger partial charge in [0.15, 0.2) is 0 Å². The minimum Gasteiger partial charge on any atom is -0.444 e. The number of hydrogen-bond acceptors (Lipinski definition) is 4. The van der Waals surface area contributed by atoms with Gasteiger partial charge < -0.3 is 20.3 Å². The van der Waals surface area contributed by atoms with Gasteiger partial charge in [0, 0.05) is 25.6 Å². The molecule has 0 spiro atoms. The first-order valence-electron chi connectivity index (χ1n) is 10.3. The van der Waals surface area contributed by atoms with Crippen LogP contribution in [0, 0.1) is 0 Å². The number of carbonyl (C=O) groups excluding carboxylic acids is 2. The highest BCUT2D eigenvalue weighted by atomic mass is 16.6.